The first kappa shape index (κ1) is 20.6. The zero-order valence-electron chi connectivity index (χ0n) is 17.1. The van der Waals surface area contributed by atoms with Gasteiger partial charge < -0.3 is 9.64 Å². The third-order valence-corrected chi connectivity index (χ3v) is 6.02. The number of hydrogen-bond acceptors (Lipinski definition) is 4. The van der Waals surface area contributed by atoms with Gasteiger partial charge >= 0.3 is 0 Å². The molecule has 1 saturated heterocycles. The zero-order chi connectivity index (χ0) is 21.3. The summed E-state index contributed by atoms with van der Waals surface area (Å²) >= 11 is 3.38. The fraction of sp³-hybridized carbons (Fsp3) is 0.348. The molecule has 0 saturated carbocycles. The first-order valence-corrected chi connectivity index (χ1v) is 10.9. The molecule has 2 heterocycles. The van der Waals surface area contributed by atoms with Gasteiger partial charge in [0.2, 0.25) is 5.91 Å². The van der Waals surface area contributed by atoms with Crippen molar-refractivity contribution in [3.8, 4) is 5.75 Å². The van der Waals surface area contributed by atoms with E-state index in [1.807, 2.05) is 13.0 Å². The molecule has 0 unspecified atom stereocenters. The summed E-state index contributed by atoms with van der Waals surface area (Å²) in [4.78, 5) is 31.6. The van der Waals surface area contributed by atoms with E-state index in [0.29, 0.717) is 24.0 Å². The van der Waals surface area contributed by atoms with Crippen LogP contribution < -0.4 is 10.3 Å². The van der Waals surface area contributed by atoms with Crippen LogP contribution in [0.4, 0.5) is 0 Å². The van der Waals surface area contributed by atoms with Gasteiger partial charge in [0, 0.05) is 30.4 Å². The van der Waals surface area contributed by atoms with Crippen LogP contribution in [0.5, 0.6) is 5.75 Å². The number of ether oxygens (including phenoxy) is 1. The van der Waals surface area contributed by atoms with Crippen molar-refractivity contribution in [2.24, 2.45) is 0 Å². The fourth-order valence-corrected chi connectivity index (χ4v) is 4.09. The van der Waals surface area contributed by atoms with Crippen LogP contribution in [-0.2, 0) is 11.3 Å². The summed E-state index contributed by atoms with van der Waals surface area (Å²) in [5.41, 5.74) is 2.71. The highest BCUT2D eigenvalue weighted by Gasteiger charge is 2.24. The van der Waals surface area contributed by atoms with Gasteiger partial charge in [0.05, 0.1) is 17.2 Å². The number of benzene rings is 2. The van der Waals surface area contributed by atoms with E-state index in [4.69, 9.17) is 4.74 Å². The van der Waals surface area contributed by atoms with Crippen LogP contribution in [0.15, 0.2) is 52.0 Å². The van der Waals surface area contributed by atoms with Crippen molar-refractivity contribution in [3.05, 3.63) is 68.7 Å². The predicted molar refractivity (Wildman–Crippen MR) is 120 cm³/mol. The molecule has 1 amide bonds. The van der Waals surface area contributed by atoms with Gasteiger partial charge in [-0.1, -0.05) is 28.1 Å². The van der Waals surface area contributed by atoms with E-state index in [0.717, 1.165) is 28.6 Å². The van der Waals surface area contributed by atoms with E-state index in [-0.39, 0.29) is 24.1 Å². The number of likely N-dealkylation sites (tertiary alicyclic amines) is 1. The average Bonchev–Trinajstić information content (AvgIpc) is 2.73. The zero-order valence-corrected chi connectivity index (χ0v) is 18.7. The molecular weight excluding hydrogens is 446 g/mol. The highest BCUT2D eigenvalue weighted by molar-refractivity contribution is 9.10. The van der Waals surface area contributed by atoms with Gasteiger partial charge in [0.1, 0.15) is 18.4 Å². The SMILES string of the molecule is Cc1ccc(C)c(OC2CCN(C(=O)Cn3cnc4ccc(Br)cc4c3=O)CC2)c1. The number of carbonyl (C=O) groups is 1. The molecular formula is C23H24BrN3O3. The number of piperidine rings is 1. The summed E-state index contributed by atoms with van der Waals surface area (Å²) < 4.78 is 8.38. The first-order valence-electron chi connectivity index (χ1n) is 10.1. The molecule has 7 heteroatoms. The van der Waals surface area contributed by atoms with Crippen LogP contribution in [0, 0.1) is 13.8 Å². The minimum atomic E-state index is -0.206. The second-order valence-corrected chi connectivity index (χ2v) is 8.72. The molecule has 0 bridgehead atoms. The van der Waals surface area contributed by atoms with Gasteiger partial charge in [0.25, 0.3) is 5.56 Å². The molecule has 1 aliphatic rings. The summed E-state index contributed by atoms with van der Waals surface area (Å²) in [5.74, 6) is 0.846. The molecule has 30 heavy (non-hydrogen) atoms. The van der Waals surface area contributed by atoms with E-state index in [1.54, 1.807) is 17.0 Å². The quantitative estimate of drug-likeness (QED) is 0.581. The summed E-state index contributed by atoms with van der Waals surface area (Å²) in [6.45, 7) is 5.33. The molecule has 0 aliphatic carbocycles. The molecule has 0 spiro atoms. The molecule has 1 aromatic heterocycles. The van der Waals surface area contributed by atoms with Gasteiger partial charge in [-0.25, -0.2) is 4.98 Å². The lowest BCUT2D eigenvalue weighted by molar-refractivity contribution is -0.133. The van der Waals surface area contributed by atoms with Crippen molar-refractivity contribution in [1.82, 2.24) is 14.5 Å². The normalized spacial score (nSPS) is 14.8. The van der Waals surface area contributed by atoms with Crippen molar-refractivity contribution in [2.75, 3.05) is 13.1 Å². The fourth-order valence-electron chi connectivity index (χ4n) is 3.73. The molecule has 1 aliphatic heterocycles. The van der Waals surface area contributed by atoms with Gasteiger partial charge in [0.15, 0.2) is 0 Å². The summed E-state index contributed by atoms with van der Waals surface area (Å²) in [6, 6.07) is 11.6. The van der Waals surface area contributed by atoms with Crippen molar-refractivity contribution < 1.29 is 9.53 Å². The van der Waals surface area contributed by atoms with Crippen LogP contribution in [0.25, 0.3) is 10.9 Å². The number of hydrogen-bond donors (Lipinski definition) is 0. The highest BCUT2D eigenvalue weighted by atomic mass is 79.9. The second-order valence-electron chi connectivity index (χ2n) is 7.81. The maximum absolute atomic E-state index is 12.8. The lowest BCUT2D eigenvalue weighted by atomic mass is 10.1. The Kier molecular flexibility index (Phi) is 5.90. The second kappa shape index (κ2) is 8.60. The number of fused-ring (bicyclic) bond motifs is 1. The lowest BCUT2D eigenvalue weighted by Gasteiger charge is -2.32. The van der Waals surface area contributed by atoms with Crippen molar-refractivity contribution in [3.63, 3.8) is 0 Å². The molecule has 0 atom stereocenters. The van der Waals surface area contributed by atoms with E-state index >= 15 is 0 Å². The number of rotatable bonds is 4. The Labute approximate surface area is 183 Å². The minimum absolute atomic E-state index is 0.00318. The summed E-state index contributed by atoms with van der Waals surface area (Å²) in [6.07, 6.45) is 3.10. The first-order chi connectivity index (χ1) is 14.4. The Morgan fingerprint density at radius 1 is 1.17 bits per heavy atom. The van der Waals surface area contributed by atoms with E-state index in [2.05, 4.69) is 46.0 Å². The Bertz CT molecular complexity index is 1150. The van der Waals surface area contributed by atoms with Crippen LogP contribution in [0.2, 0.25) is 0 Å². The number of aryl methyl sites for hydroxylation is 2. The predicted octanol–water partition coefficient (Wildman–Crippen LogP) is 3.85. The topological polar surface area (TPSA) is 64.4 Å². The highest BCUT2D eigenvalue weighted by Crippen LogP contribution is 2.24. The Morgan fingerprint density at radius 3 is 2.70 bits per heavy atom. The van der Waals surface area contributed by atoms with Gasteiger partial charge in [-0.15, -0.1) is 0 Å². The minimum Gasteiger partial charge on any atom is -0.490 e. The maximum atomic E-state index is 12.8. The van der Waals surface area contributed by atoms with Crippen LogP contribution in [0.1, 0.15) is 24.0 Å². The monoisotopic (exact) mass is 469 g/mol. The molecule has 156 valence electrons. The third kappa shape index (κ3) is 4.41. The number of carbonyl (C=O) groups excluding carboxylic acids is 1. The smallest absolute Gasteiger partial charge is 0.261 e. The van der Waals surface area contributed by atoms with E-state index in [1.165, 1.54) is 16.5 Å². The van der Waals surface area contributed by atoms with Crippen LogP contribution >= 0.6 is 15.9 Å². The largest absolute Gasteiger partial charge is 0.490 e. The van der Waals surface area contributed by atoms with Gasteiger partial charge in [-0.05, 0) is 49.2 Å². The maximum Gasteiger partial charge on any atom is 0.261 e. The average molecular weight is 470 g/mol. The Hall–Kier alpha value is -2.67. The van der Waals surface area contributed by atoms with Crippen molar-refractivity contribution in [1.29, 1.82) is 0 Å². The van der Waals surface area contributed by atoms with Crippen molar-refractivity contribution >= 4 is 32.7 Å². The van der Waals surface area contributed by atoms with E-state index < -0.39 is 0 Å². The van der Waals surface area contributed by atoms with Crippen LogP contribution in [0.3, 0.4) is 0 Å². The summed E-state index contributed by atoms with van der Waals surface area (Å²) in [7, 11) is 0. The molecule has 2 aromatic carbocycles. The summed E-state index contributed by atoms with van der Waals surface area (Å²) in [5, 5.41) is 0.500. The Morgan fingerprint density at radius 2 is 1.93 bits per heavy atom. The molecule has 0 N–H and O–H groups in total. The van der Waals surface area contributed by atoms with E-state index in [9.17, 15) is 9.59 Å². The number of aromatic nitrogens is 2. The molecule has 1 fully saturated rings. The molecule has 3 aromatic rings. The number of halogens is 1. The number of amides is 1. The van der Waals surface area contributed by atoms with Gasteiger partial charge in [-0.3, -0.25) is 14.2 Å². The molecule has 4 rings (SSSR count). The standard InChI is InChI=1S/C23H24BrN3O3/c1-15-3-4-16(2)21(11-15)30-18-7-9-26(10-8-18)22(28)13-27-14-25-20-6-5-17(24)12-19(20)23(27)29/h3-6,11-12,14,18H,7-10,13H2,1-2H3. The van der Waals surface area contributed by atoms with Crippen molar-refractivity contribution in [2.45, 2.75) is 39.3 Å². The number of nitrogens with zero attached hydrogens (tertiary/aromatic N) is 3. The Balaban J connectivity index is 1.39. The third-order valence-electron chi connectivity index (χ3n) is 5.52. The van der Waals surface area contributed by atoms with Gasteiger partial charge in [-0.2, -0.15) is 0 Å². The lowest BCUT2D eigenvalue weighted by Crippen LogP contribution is -2.44. The van der Waals surface area contributed by atoms with Crippen LogP contribution in [-0.4, -0.2) is 39.6 Å². The molecule has 0 radical (unpaired) electrons. The molecule has 6 nitrogen and oxygen atoms in total.